The molecule has 2 nitrogen and oxygen atoms in total. The summed E-state index contributed by atoms with van der Waals surface area (Å²) >= 11 is 0. The highest BCUT2D eigenvalue weighted by Gasteiger charge is 2.20. The van der Waals surface area contributed by atoms with Crippen LogP contribution in [0.25, 0.3) is 92.8 Å². The van der Waals surface area contributed by atoms with E-state index in [2.05, 4.69) is 228 Å². The Kier molecular flexibility index (Phi) is 7.26. The van der Waals surface area contributed by atoms with Crippen molar-refractivity contribution in [3.8, 4) is 27.9 Å². The Morgan fingerprint density at radius 2 is 0.879 bits per heavy atom. The molecular formula is C56H36N2. The van der Waals surface area contributed by atoms with Gasteiger partial charge in [0, 0.05) is 33.2 Å². The lowest BCUT2D eigenvalue weighted by Crippen LogP contribution is -2.10. The second-order valence-electron chi connectivity index (χ2n) is 15.3. The molecule has 0 spiro atoms. The number of benzene rings is 11. The van der Waals surface area contributed by atoms with Crippen LogP contribution in [-0.4, -0.2) is 4.57 Å². The Labute approximate surface area is 336 Å². The lowest BCUT2D eigenvalue weighted by atomic mass is 9.91. The number of rotatable bonds is 6. The molecule has 0 saturated heterocycles. The Bertz CT molecular complexity index is 3450. The van der Waals surface area contributed by atoms with Crippen molar-refractivity contribution in [3.05, 3.63) is 218 Å². The topological polar surface area (TPSA) is 8.17 Å². The van der Waals surface area contributed by atoms with E-state index < -0.39 is 0 Å². The van der Waals surface area contributed by atoms with E-state index >= 15 is 0 Å². The Balaban J connectivity index is 1.05. The van der Waals surface area contributed by atoms with Crippen LogP contribution in [-0.2, 0) is 0 Å². The van der Waals surface area contributed by atoms with Gasteiger partial charge in [0.1, 0.15) is 0 Å². The predicted octanol–water partition coefficient (Wildman–Crippen LogP) is 15.6. The zero-order valence-electron chi connectivity index (χ0n) is 31.7. The van der Waals surface area contributed by atoms with Crippen LogP contribution in [0.4, 0.5) is 17.1 Å². The van der Waals surface area contributed by atoms with Gasteiger partial charge in [0.25, 0.3) is 0 Å². The van der Waals surface area contributed by atoms with Gasteiger partial charge in [-0.3, -0.25) is 0 Å². The van der Waals surface area contributed by atoms with Gasteiger partial charge in [0.15, 0.2) is 0 Å². The number of nitrogens with zero attached hydrogens (tertiary/aromatic N) is 2. The number of anilines is 3. The largest absolute Gasteiger partial charge is 0.310 e. The second-order valence-corrected chi connectivity index (χ2v) is 15.3. The summed E-state index contributed by atoms with van der Waals surface area (Å²) < 4.78 is 2.46. The average molecular weight is 737 g/mol. The maximum absolute atomic E-state index is 2.46. The molecule has 0 fully saturated rings. The first-order chi connectivity index (χ1) is 28.8. The Morgan fingerprint density at radius 1 is 0.293 bits per heavy atom. The van der Waals surface area contributed by atoms with Gasteiger partial charge in [-0.25, -0.2) is 0 Å². The van der Waals surface area contributed by atoms with E-state index in [9.17, 15) is 0 Å². The van der Waals surface area contributed by atoms with Crippen LogP contribution in [0.5, 0.6) is 0 Å². The van der Waals surface area contributed by atoms with Crippen LogP contribution in [0, 0.1) is 0 Å². The summed E-state index contributed by atoms with van der Waals surface area (Å²) in [7, 11) is 0. The summed E-state index contributed by atoms with van der Waals surface area (Å²) in [6.45, 7) is 0. The molecule has 0 aliphatic heterocycles. The monoisotopic (exact) mass is 736 g/mol. The highest BCUT2D eigenvalue weighted by Crippen LogP contribution is 2.45. The molecular weight excluding hydrogens is 701 g/mol. The van der Waals surface area contributed by atoms with Crippen molar-refractivity contribution in [2.45, 2.75) is 0 Å². The molecule has 1 aromatic heterocycles. The van der Waals surface area contributed by atoms with Gasteiger partial charge >= 0.3 is 0 Å². The molecule has 270 valence electrons. The SMILES string of the molecule is c1ccc(-c2ccc(-n3c4ccc(-c5ccc(N(c6ccccc6)c6cccc7ccccc67)cc5)cc4c4c5ccc6cccc7ccc(cc43)c5c76)cc2)cc1. The summed E-state index contributed by atoms with van der Waals surface area (Å²) in [5, 5.41) is 12.8. The fourth-order valence-corrected chi connectivity index (χ4v) is 9.42. The van der Waals surface area contributed by atoms with E-state index in [1.54, 1.807) is 0 Å². The van der Waals surface area contributed by atoms with Gasteiger partial charge in [0.05, 0.1) is 16.7 Å². The quantitative estimate of drug-likeness (QED) is 0.154. The van der Waals surface area contributed by atoms with Crippen molar-refractivity contribution in [2.24, 2.45) is 0 Å². The fourth-order valence-electron chi connectivity index (χ4n) is 9.42. The van der Waals surface area contributed by atoms with Crippen molar-refractivity contribution in [1.82, 2.24) is 4.57 Å². The van der Waals surface area contributed by atoms with E-state index in [-0.39, 0.29) is 0 Å². The molecule has 11 aromatic carbocycles. The average Bonchev–Trinajstić information content (AvgIpc) is 3.62. The van der Waals surface area contributed by atoms with Crippen LogP contribution < -0.4 is 4.90 Å². The van der Waals surface area contributed by atoms with Crippen molar-refractivity contribution in [2.75, 3.05) is 4.90 Å². The third-order valence-electron chi connectivity index (χ3n) is 12.1. The standard InChI is InChI=1S/C56H36N2/c1-3-11-37(12-4-1)38-23-31-47(32-24-38)58-52-34-28-43(35-50(52)56-49-33-27-42-16-9-15-41-21-22-44(36-53(56)58)55(49)54(41)42)39-25-29-46(30-26-39)57(45-17-5-2-6-18-45)51-20-10-14-40-13-7-8-19-48(40)51/h1-36H. The number of aromatic nitrogens is 1. The number of hydrogen-bond acceptors (Lipinski definition) is 1. The first-order valence-electron chi connectivity index (χ1n) is 20.0. The van der Waals surface area contributed by atoms with Crippen molar-refractivity contribution >= 4 is 82.0 Å². The molecule has 0 saturated carbocycles. The molecule has 0 atom stereocenters. The van der Waals surface area contributed by atoms with E-state index in [1.807, 2.05) is 0 Å². The summed E-state index contributed by atoms with van der Waals surface area (Å²) in [4.78, 5) is 2.37. The second kappa shape index (κ2) is 12.9. The molecule has 12 aromatic rings. The minimum atomic E-state index is 1.12. The highest BCUT2D eigenvalue weighted by molar-refractivity contribution is 6.33. The molecule has 0 N–H and O–H groups in total. The van der Waals surface area contributed by atoms with Crippen LogP contribution in [0.2, 0.25) is 0 Å². The summed E-state index contributed by atoms with van der Waals surface area (Å²) in [6, 6.07) is 79.9. The summed E-state index contributed by atoms with van der Waals surface area (Å²) in [6.07, 6.45) is 0. The molecule has 2 heteroatoms. The molecule has 0 radical (unpaired) electrons. The minimum absolute atomic E-state index is 1.12. The molecule has 12 rings (SSSR count). The zero-order valence-corrected chi connectivity index (χ0v) is 31.7. The summed E-state index contributed by atoms with van der Waals surface area (Å²) in [5.74, 6) is 0. The minimum Gasteiger partial charge on any atom is -0.310 e. The highest BCUT2D eigenvalue weighted by atomic mass is 15.1. The molecule has 0 aliphatic carbocycles. The van der Waals surface area contributed by atoms with Gasteiger partial charge < -0.3 is 9.47 Å². The molecule has 58 heavy (non-hydrogen) atoms. The van der Waals surface area contributed by atoms with Gasteiger partial charge in [-0.2, -0.15) is 0 Å². The third-order valence-corrected chi connectivity index (χ3v) is 12.1. The first-order valence-corrected chi connectivity index (χ1v) is 20.0. The first kappa shape index (κ1) is 32.6. The molecule has 0 amide bonds. The van der Waals surface area contributed by atoms with Gasteiger partial charge in [-0.1, -0.05) is 158 Å². The third kappa shape index (κ3) is 5.05. The smallest absolute Gasteiger partial charge is 0.0553 e. The van der Waals surface area contributed by atoms with E-state index in [1.165, 1.54) is 87.1 Å². The van der Waals surface area contributed by atoms with Gasteiger partial charge in [-0.05, 0) is 121 Å². The van der Waals surface area contributed by atoms with E-state index in [4.69, 9.17) is 0 Å². The van der Waals surface area contributed by atoms with E-state index in [0.29, 0.717) is 0 Å². The van der Waals surface area contributed by atoms with Crippen LogP contribution >= 0.6 is 0 Å². The lowest BCUT2D eigenvalue weighted by Gasteiger charge is -2.27. The zero-order chi connectivity index (χ0) is 38.2. The number of para-hydroxylation sites is 1. The van der Waals surface area contributed by atoms with E-state index in [0.717, 1.165) is 22.7 Å². The van der Waals surface area contributed by atoms with Crippen molar-refractivity contribution < 1.29 is 0 Å². The molecule has 1 heterocycles. The summed E-state index contributed by atoms with van der Waals surface area (Å²) in [5.41, 5.74) is 11.8. The lowest BCUT2D eigenvalue weighted by molar-refractivity contribution is 1.18. The molecule has 0 bridgehead atoms. The maximum atomic E-state index is 2.46. The molecule has 0 aliphatic rings. The van der Waals surface area contributed by atoms with Gasteiger partial charge in [0.2, 0.25) is 0 Å². The Morgan fingerprint density at radius 3 is 1.69 bits per heavy atom. The molecule has 0 unspecified atom stereocenters. The van der Waals surface area contributed by atoms with Crippen LogP contribution in [0.1, 0.15) is 0 Å². The number of hydrogen-bond donors (Lipinski definition) is 0. The van der Waals surface area contributed by atoms with Crippen LogP contribution in [0.3, 0.4) is 0 Å². The van der Waals surface area contributed by atoms with Crippen molar-refractivity contribution in [3.63, 3.8) is 0 Å². The normalized spacial score (nSPS) is 11.8. The predicted molar refractivity (Wildman–Crippen MR) is 248 cm³/mol. The van der Waals surface area contributed by atoms with Gasteiger partial charge in [-0.15, -0.1) is 0 Å². The number of fused-ring (bicyclic) bond motifs is 5. The Hall–Kier alpha value is -7.68. The maximum Gasteiger partial charge on any atom is 0.0553 e. The fraction of sp³-hybridized carbons (Fsp3) is 0. The van der Waals surface area contributed by atoms with Crippen LogP contribution in [0.15, 0.2) is 218 Å². The van der Waals surface area contributed by atoms with Crippen molar-refractivity contribution in [1.29, 1.82) is 0 Å².